The normalized spacial score (nSPS) is 17.8. The van der Waals surface area contributed by atoms with E-state index in [1.807, 2.05) is 0 Å². The lowest BCUT2D eigenvalue weighted by Gasteiger charge is -2.23. The fourth-order valence-corrected chi connectivity index (χ4v) is 5.70. The minimum Gasteiger partial charge on any atom is -0.368 e. The zero-order valence-corrected chi connectivity index (χ0v) is 26.3. The Morgan fingerprint density at radius 3 is 1.56 bits per heavy atom. The van der Waals surface area contributed by atoms with Gasteiger partial charge < -0.3 is 38.2 Å². The quantitative estimate of drug-likeness (QED) is 0.141. The van der Waals surface area contributed by atoms with Gasteiger partial charge in [-0.25, -0.2) is 9.97 Å². The van der Waals surface area contributed by atoms with E-state index >= 15 is 0 Å². The molecule has 3 saturated carbocycles. The van der Waals surface area contributed by atoms with Gasteiger partial charge in [0.25, 0.3) is 0 Å². The maximum absolute atomic E-state index is 5.70. The Morgan fingerprint density at radius 2 is 1.07 bits per heavy atom. The second kappa shape index (κ2) is 18.0. The zero-order valence-electron chi connectivity index (χ0n) is 24.8. The molecule has 4 heterocycles. The van der Waals surface area contributed by atoms with Gasteiger partial charge in [-0.3, -0.25) is 0 Å². The largest absolute Gasteiger partial charge is 0.368 e. The topological polar surface area (TPSA) is 225 Å². The van der Waals surface area contributed by atoms with Crippen LogP contribution in [0, 0.1) is 0 Å². The predicted molar refractivity (Wildman–Crippen MR) is 177 cm³/mol. The van der Waals surface area contributed by atoms with Gasteiger partial charge in [0.05, 0.1) is 12.7 Å². The Bertz CT molecular complexity index is 1330. The molecule has 0 unspecified atom stereocenters. The number of imidazole rings is 2. The molecular formula is C28H47Cl2N13. The van der Waals surface area contributed by atoms with Crippen LogP contribution in [0.2, 0.25) is 5.15 Å². The summed E-state index contributed by atoms with van der Waals surface area (Å²) >= 11 is 5.70. The number of nitrogens with one attached hydrogen (secondary N) is 3. The fourth-order valence-electron chi connectivity index (χ4n) is 5.48. The Morgan fingerprint density at radius 1 is 0.628 bits per heavy atom. The molecule has 0 atom stereocenters. The van der Waals surface area contributed by atoms with Crippen molar-refractivity contribution in [3.05, 3.63) is 17.8 Å². The summed E-state index contributed by atoms with van der Waals surface area (Å²) in [5.74, 6) is 1.18. The van der Waals surface area contributed by atoms with Gasteiger partial charge in [-0.05, 0) is 38.5 Å². The van der Waals surface area contributed by atoms with E-state index in [1.165, 1.54) is 103 Å². The molecule has 0 saturated heterocycles. The van der Waals surface area contributed by atoms with Crippen molar-refractivity contribution < 1.29 is 0 Å². The van der Waals surface area contributed by atoms with Crippen molar-refractivity contribution in [3.8, 4) is 0 Å². The maximum atomic E-state index is 5.70. The molecule has 4 aromatic rings. The molecule has 11 N–H and O–H groups in total. The van der Waals surface area contributed by atoms with Crippen LogP contribution in [0.4, 0.5) is 17.7 Å². The average Bonchev–Trinajstić information content (AvgIpc) is 3.66. The van der Waals surface area contributed by atoms with Crippen LogP contribution >= 0.6 is 24.0 Å². The maximum Gasteiger partial charge on any atom is 0.224 e. The summed E-state index contributed by atoms with van der Waals surface area (Å²) in [7, 11) is 0. The van der Waals surface area contributed by atoms with Crippen molar-refractivity contribution in [2.24, 2.45) is 11.5 Å². The third-order valence-corrected chi connectivity index (χ3v) is 8.08. The standard InChI is InChI=1S/C11H16N6.2C6H13N.C5H4ClN5.ClH/c12-11-16-9-8(13-6-14-9)10(17-11)15-7-4-2-1-3-5-7;2*7-6-4-2-1-3-5-6;6-3-2-4(9-1-8-2)11-5(7)10-3;/h6-7H,1-5H2,(H4,12,13,14,15,16,17);2*6H,1-5,7H2;1H,(H3,7,8,9,10,11);1H. The second-order valence-corrected chi connectivity index (χ2v) is 11.6. The number of nitrogens with two attached hydrogens (primary N) is 4. The number of anilines is 3. The number of fused-ring (bicyclic) bond motifs is 2. The number of hydrogen-bond acceptors (Lipinski definition) is 11. The Hall–Kier alpha value is -3.00. The molecular weight excluding hydrogens is 589 g/mol. The molecule has 7 rings (SSSR count). The predicted octanol–water partition coefficient (Wildman–Crippen LogP) is 5.25. The molecule has 238 valence electrons. The van der Waals surface area contributed by atoms with Crippen LogP contribution in [0.5, 0.6) is 0 Å². The molecule has 3 aliphatic rings. The van der Waals surface area contributed by atoms with E-state index in [9.17, 15) is 0 Å². The highest BCUT2D eigenvalue weighted by Crippen LogP contribution is 2.24. The molecule has 0 spiro atoms. The van der Waals surface area contributed by atoms with Crippen LogP contribution < -0.4 is 28.3 Å². The summed E-state index contributed by atoms with van der Waals surface area (Å²) in [6.07, 6.45) is 22.7. The van der Waals surface area contributed by atoms with Crippen LogP contribution in [0.25, 0.3) is 22.3 Å². The molecule has 43 heavy (non-hydrogen) atoms. The lowest BCUT2D eigenvalue weighted by molar-refractivity contribution is 0.441. The van der Waals surface area contributed by atoms with E-state index < -0.39 is 0 Å². The number of nitrogens with zero attached hydrogens (tertiary/aromatic N) is 6. The minimum atomic E-state index is 0. The van der Waals surface area contributed by atoms with Crippen molar-refractivity contribution in [3.63, 3.8) is 0 Å². The van der Waals surface area contributed by atoms with Crippen LogP contribution in [0.1, 0.15) is 96.3 Å². The van der Waals surface area contributed by atoms with E-state index in [4.69, 9.17) is 34.5 Å². The van der Waals surface area contributed by atoms with Gasteiger partial charge in [0.2, 0.25) is 11.9 Å². The monoisotopic (exact) mass is 635 g/mol. The van der Waals surface area contributed by atoms with E-state index in [0.717, 1.165) is 11.3 Å². The molecule has 3 fully saturated rings. The minimum absolute atomic E-state index is 0. The summed E-state index contributed by atoms with van der Waals surface area (Å²) < 4.78 is 0. The number of H-pyrrole nitrogens is 2. The number of hydrogen-bond donors (Lipinski definition) is 7. The number of aromatic amines is 2. The van der Waals surface area contributed by atoms with Gasteiger partial charge in [-0.15, -0.1) is 12.4 Å². The first kappa shape index (κ1) is 34.5. The molecule has 0 amide bonds. The van der Waals surface area contributed by atoms with Crippen molar-refractivity contribution in [2.75, 3.05) is 16.8 Å². The summed E-state index contributed by atoms with van der Waals surface area (Å²) in [6.45, 7) is 0. The summed E-state index contributed by atoms with van der Waals surface area (Å²) in [4.78, 5) is 29.7. The summed E-state index contributed by atoms with van der Waals surface area (Å²) in [5, 5.41) is 3.74. The van der Waals surface area contributed by atoms with E-state index in [1.54, 1.807) is 6.33 Å². The molecule has 4 aromatic heterocycles. The lowest BCUT2D eigenvalue weighted by Crippen LogP contribution is -2.23. The number of nitrogen functional groups attached to an aromatic ring is 2. The first-order valence-corrected chi connectivity index (χ1v) is 15.6. The van der Waals surface area contributed by atoms with Crippen LogP contribution in [0.3, 0.4) is 0 Å². The van der Waals surface area contributed by atoms with Crippen molar-refractivity contribution in [2.45, 2.75) is 114 Å². The van der Waals surface area contributed by atoms with Crippen molar-refractivity contribution in [1.82, 2.24) is 39.9 Å². The van der Waals surface area contributed by atoms with E-state index in [0.29, 0.717) is 40.1 Å². The molecule has 0 radical (unpaired) electrons. The fraction of sp³-hybridized carbons (Fsp3) is 0.643. The smallest absolute Gasteiger partial charge is 0.224 e. The van der Waals surface area contributed by atoms with Crippen LogP contribution in [-0.4, -0.2) is 58.0 Å². The first-order chi connectivity index (χ1) is 20.4. The Balaban J connectivity index is 0.000000168. The third kappa shape index (κ3) is 11.2. The average molecular weight is 637 g/mol. The molecule has 15 heteroatoms. The Labute approximate surface area is 264 Å². The van der Waals surface area contributed by atoms with Gasteiger partial charge in [0.15, 0.2) is 22.3 Å². The van der Waals surface area contributed by atoms with Gasteiger partial charge in [-0.1, -0.05) is 69.4 Å². The van der Waals surface area contributed by atoms with Gasteiger partial charge in [0.1, 0.15) is 11.0 Å². The van der Waals surface area contributed by atoms with Crippen molar-refractivity contribution >= 4 is 64.1 Å². The van der Waals surface area contributed by atoms with E-state index in [2.05, 4.69) is 45.2 Å². The zero-order chi connectivity index (χ0) is 29.7. The molecule has 3 aliphatic carbocycles. The SMILES string of the molecule is Cl.NC1CCCCC1.NC1CCCCC1.Nc1nc(Cl)c2[nH]cnc2n1.Nc1nc(NC2CCCCC2)c2[nH]cnc2n1. The van der Waals surface area contributed by atoms with Crippen molar-refractivity contribution in [1.29, 1.82) is 0 Å². The number of aromatic nitrogens is 8. The Kier molecular flexibility index (Phi) is 14.4. The second-order valence-electron chi connectivity index (χ2n) is 11.3. The van der Waals surface area contributed by atoms with E-state index in [-0.39, 0.29) is 24.3 Å². The molecule has 0 aromatic carbocycles. The van der Waals surface area contributed by atoms with Crippen LogP contribution in [-0.2, 0) is 0 Å². The highest BCUT2D eigenvalue weighted by molar-refractivity contribution is 6.33. The molecule has 0 bridgehead atoms. The lowest BCUT2D eigenvalue weighted by atomic mass is 9.95. The summed E-state index contributed by atoms with van der Waals surface area (Å²) in [6, 6.07) is 1.56. The number of rotatable bonds is 2. The van der Waals surface area contributed by atoms with Gasteiger partial charge in [0, 0.05) is 18.1 Å². The van der Waals surface area contributed by atoms with Gasteiger partial charge in [-0.2, -0.15) is 19.9 Å². The first-order valence-electron chi connectivity index (χ1n) is 15.3. The molecule has 0 aliphatic heterocycles. The molecule has 13 nitrogen and oxygen atoms in total. The van der Waals surface area contributed by atoms with Crippen LogP contribution in [0.15, 0.2) is 12.7 Å². The summed E-state index contributed by atoms with van der Waals surface area (Å²) in [5.41, 5.74) is 24.8. The third-order valence-electron chi connectivity index (χ3n) is 7.81. The van der Waals surface area contributed by atoms with Gasteiger partial charge >= 0.3 is 0 Å². The highest BCUT2D eigenvalue weighted by Gasteiger charge is 2.16. The number of halogens is 2. The highest BCUT2D eigenvalue weighted by atomic mass is 35.5.